The predicted octanol–water partition coefficient (Wildman–Crippen LogP) is 2.62. The minimum absolute atomic E-state index is 0.1000. The van der Waals surface area contributed by atoms with Gasteiger partial charge in [-0.05, 0) is 44.9 Å². The molecule has 1 fully saturated rings. The lowest BCUT2D eigenvalue weighted by Crippen LogP contribution is -2.44. The highest BCUT2D eigenvalue weighted by Gasteiger charge is 2.33. The van der Waals surface area contributed by atoms with Crippen LogP contribution in [0.2, 0.25) is 0 Å². The average Bonchev–Trinajstić information content (AvgIpc) is 2.31. The summed E-state index contributed by atoms with van der Waals surface area (Å²) in [5.41, 5.74) is -0.858. The molecule has 1 aliphatic carbocycles. The van der Waals surface area contributed by atoms with Gasteiger partial charge in [-0.15, -0.1) is 0 Å². The van der Waals surface area contributed by atoms with Gasteiger partial charge in [-0.2, -0.15) is 5.26 Å². The molecule has 90 valence electrons. The zero-order valence-corrected chi connectivity index (χ0v) is 10.5. The molecule has 1 amide bonds. The lowest BCUT2D eigenvalue weighted by Gasteiger charge is -2.29. The highest BCUT2D eigenvalue weighted by atomic mass is 16.2. The first-order valence-electron chi connectivity index (χ1n) is 6.24. The van der Waals surface area contributed by atoms with E-state index in [1.165, 1.54) is 12.8 Å². The molecule has 1 N–H and O–H groups in total. The maximum Gasteiger partial charge on any atom is 0.240 e. The van der Waals surface area contributed by atoms with Crippen LogP contribution >= 0.6 is 0 Å². The first kappa shape index (κ1) is 13.0. The molecule has 1 saturated carbocycles. The summed E-state index contributed by atoms with van der Waals surface area (Å²) in [7, 11) is 0. The van der Waals surface area contributed by atoms with Gasteiger partial charge in [0.1, 0.15) is 5.41 Å². The van der Waals surface area contributed by atoms with Crippen LogP contribution in [-0.4, -0.2) is 11.9 Å². The number of hydrogen-bond donors (Lipinski definition) is 1. The van der Waals surface area contributed by atoms with Crippen molar-refractivity contribution in [3.05, 3.63) is 0 Å². The third-order valence-corrected chi connectivity index (χ3v) is 3.81. The van der Waals surface area contributed by atoms with E-state index < -0.39 is 5.41 Å². The van der Waals surface area contributed by atoms with Crippen LogP contribution in [0, 0.1) is 22.7 Å². The molecular formula is C13H22N2O. The lowest BCUT2D eigenvalue weighted by atomic mass is 9.85. The maximum absolute atomic E-state index is 11.9. The fourth-order valence-electron chi connectivity index (χ4n) is 2.04. The first-order valence-corrected chi connectivity index (χ1v) is 6.24. The molecular weight excluding hydrogens is 200 g/mol. The molecule has 0 heterocycles. The molecule has 0 aromatic rings. The number of rotatable bonds is 3. The second kappa shape index (κ2) is 5.34. The van der Waals surface area contributed by atoms with E-state index in [0.717, 1.165) is 18.8 Å². The van der Waals surface area contributed by atoms with Gasteiger partial charge in [0.15, 0.2) is 0 Å². The summed E-state index contributed by atoms with van der Waals surface area (Å²) in [5, 5.41) is 12.0. The molecule has 1 aliphatic rings. The Morgan fingerprint density at radius 1 is 1.44 bits per heavy atom. The molecule has 0 saturated heterocycles. The second-order valence-electron chi connectivity index (χ2n) is 5.23. The van der Waals surface area contributed by atoms with E-state index >= 15 is 0 Å². The lowest BCUT2D eigenvalue weighted by molar-refractivity contribution is -0.128. The summed E-state index contributed by atoms with van der Waals surface area (Å²) in [5.74, 6) is 0.679. The van der Waals surface area contributed by atoms with Gasteiger partial charge in [-0.1, -0.05) is 13.8 Å². The highest BCUT2D eigenvalue weighted by Crippen LogP contribution is 2.25. The quantitative estimate of drug-likeness (QED) is 0.798. The number of nitrogens with zero attached hydrogens (tertiary/aromatic N) is 1. The van der Waals surface area contributed by atoms with Gasteiger partial charge in [0.2, 0.25) is 5.91 Å². The van der Waals surface area contributed by atoms with Crippen molar-refractivity contribution in [2.75, 3.05) is 0 Å². The molecule has 1 unspecified atom stereocenters. The van der Waals surface area contributed by atoms with Crippen molar-refractivity contribution in [1.29, 1.82) is 5.26 Å². The number of hydrogen-bond acceptors (Lipinski definition) is 2. The molecule has 0 aromatic heterocycles. The van der Waals surface area contributed by atoms with Crippen molar-refractivity contribution in [3.8, 4) is 6.07 Å². The molecule has 0 spiro atoms. The van der Waals surface area contributed by atoms with E-state index in [1.807, 2.05) is 6.92 Å². The highest BCUT2D eigenvalue weighted by molar-refractivity contribution is 5.85. The van der Waals surface area contributed by atoms with E-state index in [9.17, 15) is 4.79 Å². The second-order valence-corrected chi connectivity index (χ2v) is 5.23. The third-order valence-electron chi connectivity index (χ3n) is 3.81. The summed E-state index contributed by atoms with van der Waals surface area (Å²) in [6, 6.07) is 2.39. The Bertz CT molecular complexity index is 287. The molecule has 0 bridgehead atoms. The van der Waals surface area contributed by atoms with Gasteiger partial charge in [0, 0.05) is 6.04 Å². The van der Waals surface area contributed by atoms with Crippen molar-refractivity contribution in [2.24, 2.45) is 11.3 Å². The van der Waals surface area contributed by atoms with Gasteiger partial charge < -0.3 is 5.32 Å². The zero-order chi connectivity index (χ0) is 12.2. The van der Waals surface area contributed by atoms with Crippen LogP contribution in [0.15, 0.2) is 0 Å². The Balaban J connectivity index is 2.49. The summed E-state index contributed by atoms with van der Waals surface area (Å²) in [6.07, 6.45) is 5.04. The van der Waals surface area contributed by atoms with E-state index in [2.05, 4.69) is 18.3 Å². The van der Waals surface area contributed by atoms with Gasteiger partial charge in [0.25, 0.3) is 0 Å². The molecule has 3 heteroatoms. The molecule has 1 atom stereocenters. The van der Waals surface area contributed by atoms with Crippen molar-refractivity contribution in [3.63, 3.8) is 0 Å². The maximum atomic E-state index is 11.9. The minimum atomic E-state index is -0.858. The molecule has 16 heavy (non-hydrogen) atoms. The summed E-state index contributed by atoms with van der Waals surface area (Å²) in [6.45, 7) is 5.85. The monoisotopic (exact) mass is 222 g/mol. The predicted molar refractivity (Wildman–Crippen MR) is 63.6 cm³/mol. The van der Waals surface area contributed by atoms with Gasteiger partial charge in [-0.3, -0.25) is 4.79 Å². The smallest absolute Gasteiger partial charge is 0.240 e. The Kier molecular flexibility index (Phi) is 4.35. The fourth-order valence-corrected chi connectivity index (χ4v) is 2.04. The Hall–Kier alpha value is -1.04. The van der Waals surface area contributed by atoms with Gasteiger partial charge in [0.05, 0.1) is 6.07 Å². The van der Waals surface area contributed by atoms with Crippen LogP contribution < -0.4 is 5.32 Å². The Labute approximate surface area is 98.2 Å². The Morgan fingerprint density at radius 2 is 2.00 bits per heavy atom. The summed E-state index contributed by atoms with van der Waals surface area (Å²) in [4.78, 5) is 11.9. The van der Waals surface area contributed by atoms with Gasteiger partial charge >= 0.3 is 0 Å². The third kappa shape index (κ3) is 2.98. The van der Waals surface area contributed by atoms with Crippen LogP contribution in [0.5, 0.6) is 0 Å². The number of amides is 1. The van der Waals surface area contributed by atoms with Crippen LogP contribution in [0.3, 0.4) is 0 Å². The van der Waals surface area contributed by atoms with E-state index in [1.54, 1.807) is 6.92 Å². The SMILES string of the molecule is CCC(C)(C#N)C(=O)NC1CCC(C)CC1. The van der Waals surface area contributed by atoms with Crippen molar-refractivity contribution < 1.29 is 4.79 Å². The molecule has 0 radical (unpaired) electrons. The number of nitriles is 1. The summed E-state index contributed by atoms with van der Waals surface area (Å²) < 4.78 is 0. The van der Waals surface area contributed by atoms with Crippen molar-refractivity contribution in [1.82, 2.24) is 5.32 Å². The Morgan fingerprint density at radius 3 is 2.44 bits per heavy atom. The van der Waals surface area contributed by atoms with E-state index in [-0.39, 0.29) is 11.9 Å². The molecule has 0 aliphatic heterocycles. The topological polar surface area (TPSA) is 52.9 Å². The summed E-state index contributed by atoms with van der Waals surface area (Å²) >= 11 is 0. The number of nitrogens with one attached hydrogen (secondary N) is 1. The van der Waals surface area contributed by atoms with Crippen LogP contribution in [-0.2, 0) is 4.79 Å². The van der Waals surface area contributed by atoms with Crippen LogP contribution in [0.25, 0.3) is 0 Å². The first-order chi connectivity index (χ1) is 7.51. The normalized spacial score (nSPS) is 28.9. The fraction of sp³-hybridized carbons (Fsp3) is 0.846. The van der Waals surface area contributed by atoms with E-state index in [4.69, 9.17) is 5.26 Å². The zero-order valence-electron chi connectivity index (χ0n) is 10.5. The minimum Gasteiger partial charge on any atom is -0.352 e. The number of carbonyl (C=O) groups excluding carboxylic acids is 1. The molecule has 3 nitrogen and oxygen atoms in total. The van der Waals surface area contributed by atoms with Crippen LogP contribution in [0.1, 0.15) is 52.9 Å². The largest absolute Gasteiger partial charge is 0.352 e. The van der Waals surface area contributed by atoms with Crippen molar-refractivity contribution >= 4 is 5.91 Å². The average molecular weight is 222 g/mol. The molecule has 1 rings (SSSR count). The van der Waals surface area contributed by atoms with Gasteiger partial charge in [-0.25, -0.2) is 0 Å². The standard InChI is InChI=1S/C13H22N2O/c1-4-13(3,9-14)12(16)15-11-7-5-10(2)6-8-11/h10-11H,4-8H2,1-3H3,(H,15,16). The number of carbonyl (C=O) groups is 1. The van der Waals surface area contributed by atoms with E-state index in [0.29, 0.717) is 6.42 Å². The van der Waals surface area contributed by atoms with Crippen LogP contribution in [0.4, 0.5) is 0 Å². The van der Waals surface area contributed by atoms with Crippen molar-refractivity contribution in [2.45, 2.75) is 58.9 Å². The molecule has 0 aromatic carbocycles.